The SMILES string of the molecule is CCNC(=NCc1ccnc(OCc2ccccc2)c1)NCCc1nc(C)c(C)s1.I. The molecular weight excluding hydrogens is 521 g/mol. The number of nitrogens with one attached hydrogen (secondary N) is 2. The number of benzene rings is 1. The molecule has 3 aromatic rings. The fourth-order valence-electron chi connectivity index (χ4n) is 2.81. The number of guanidine groups is 1. The summed E-state index contributed by atoms with van der Waals surface area (Å²) in [6.45, 7) is 8.88. The molecule has 2 heterocycles. The lowest BCUT2D eigenvalue weighted by atomic mass is 10.2. The predicted octanol–water partition coefficient (Wildman–Crippen LogP) is 4.65. The molecule has 2 aromatic heterocycles. The third-order valence-corrected chi connectivity index (χ3v) is 5.63. The summed E-state index contributed by atoms with van der Waals surface area (Å²) in [5.41, 5.74) is 3.29. The summed E-state index contributed by atoms with van der Waals surface area (Å²) in [6, 6.07) is 14.0. The molecule has 1 aromatic carbocycles. The summed E-state index contributed by atoms with van der Waals surface area (Å²) < 4.78 is 5.82. The van der Waals surface area contributed by atoms with Crippen molar-refractivity contribution in [2.75, 3.05) is 13.1 Å². The quantitative estimate of drug-likeness (QED) is 0.230. The zero-order valence-electron chi connectivity index (χ0n) is 18.2. The summed E-state index contributed by atoms with van der Waals surface area (Å²) >= 11 is 1.76. The van der Waals surface area contributed by atoms with Gasteiger partial charge in [-0.3, -0.25) is 0 Å². The van der Waals surface area contributed by atoms with E-state index in [9.17, 15) is 0 Å². The fourth-order valence-corrected chi connectivity index (χ4v) is 3.74. The Kier molecular flexibility index (Phi) is 10.7. The minimum atomic E-state index is 0. The van der Waals surface area contributed by atoms with Crippen LogP contribution in [0.3, 0.4) is 0 Å². The first-order chi connectivity index (χ1) is 14.6. The lowest BCUT2D eigenvalue weighted by Gasteiger charge is -2.11. The smallest absolute Gasteiger partial charge is 0.213 e. The van der Waals surface area contributed by atoms with Crippen LogP contribution in [0.4, 0.5) is 0 Å². The van der Waals surface area contributed by atoms with E-state index in [-0.39, 0.29) is 24.0 Å². The molecule has 8 heteroatoms. The minimum absolute atomic E-state index is 0. The Hall–Kier alpha value is -2.20. The van der Waals surface area contributed by atoms with Gasteiger partial charge in [0.25, 0.3) is 0 Å². The van der Waals surface area contributed by atoms with Crippen molar-refractivity contribution in [2.45, 2.75) is 40.3 Å². The molecule has 0 saturated heterocycles. The number of aromatic nitrogens is 2. The highest BCUT2D eigenvalue weighted by Gasteiger charge is 2.05. The first-order valence-corrected chi connectivity index (χ1v) is 11.0. The molecule has 0 aliphatic heterocycles. The average Bonchev–Trinajstić information content (AvgIpc) is 3.08. The van der Waals surface area contributed by atoms with E-state index in [2.05, 4.69) is 41.4 Å². The summed E-state index contributed by atoms with van der Waals surface area (Å²) in [5.74, 6) is 1.41. The van der Waals surface area contributed by atoms with E-state index in [1.165, 1.54) is 4.88 Å². The zero-order valence-corrected chi connectivity index (χ0v) is 21.4. The molecule has 0 spiro atoms. The molecule has 6 nitrogen and oxygen atoms in total. The van der Waals surface area contributed by atoms with Gasteiger partial charge in [-0.05, 0) is 38.0 Å². The molecule has 2 N–H and O–H groups in total. The summed E-state index contributed by atoms with van der Waals surface area (Å²) in [5, 5.41) is 7.84. The van der Waals surface area contributed by atoms with Crippen LogP contribution in [0, 0.1) is 13.8 Å². The van der Waals surface area contributed by atoms with Crippen molar-refractivity contribution in [3.05, 3.63) is 75.4 Å². The lowest BCUT2D eigenvalue weighted by Crippen LogP contribution is -2.38. The standard InChI is InChI=1S/C23H29N5OS.HI/c1-4-24-23(26-13-11-22-28-17(2)18(3)30-22)27-15-20-10-12-25-21(14-20)29-16-19-8-6-5-7-9-19;/h5-10,12,14H,4,11,13,15-16H2,1-3H3,(H2,24,26,27);1H. The number of rotatable bonds is 9. The molecule has 0 bridgehead atoms. The van der Waals surface area contributed by atoms with Gasteiger partial charge >= 0.3 is 0 Å². The first-order valence-electron chi connectivity index (χ1n) is 10.2. The van der Waals surface area contributed by atoms with Crippen LogP contribution in [0.1, 0.15) is 33.6 Å². The number of thiazole rings is 1. The van der Waals surface area contributed by atoms with E-state index >= 15 is 0 Å². The second-order valence-corrected chi connectivity index (χ2v) is 8.19. The number of aliphatic imine (C=N–C) groups is 1. The molecule has 0 aliphatic rings. The maximum absolute atomic E-state index is 5.82. The Bertz CT molecular complexity index is 942. The van der Waals surface area contributed by atoms with Gasteiger partial charge in [-0.2, -0.15) is 0 Å². The van der Waals surface area contributed by atoms with Gasteiger partial charge in [-0.25, -0.2) is 15.0 Å². The molecular formula is C23H30IN5OS. The monoisotopic (exact) mass is 551 g/mol. The van der Waals surface area contributed by atoms with Crippen LogP contribution in [0.5, 0.6) is 5.88 Å². The van der Waals surface area contributed by atoms with E-state index < -0.39 is 0 Å². The van der Waals surface area contributed by atoms with Crippen molar-refractivity contribution in [1.29, 1.82) is 0 Å². The third kappa shape index (κ3) is 8.45. The topological polar surface area (TPSA) is 71.4 Å². The van der Waals surface area contributed by atoms with Gasteiger partial charge < -0.3 is 15.4 Å². The van der Waals surface area contributed by atoms with E-state index in [1.807, 2.05) is 42.5 Å². The molecule has 31 heavy (non-hydrogen) atoms. The highest BCUT2D eigenvalue weighted by molar-refractivity contribution is 14.0. The fraction of sp³-hybridized carbons (Fsp3) is 0.348. The Morgan fingerprint density at radius 1 is 1.10 bits per heavy atom. The molecule has 166 valence electrons. The van der Waals surface area contributed by atoms with Crippen LogP contribution in [0.25, 0.3) is 0 Å². The van der Waals surface area contributed by atoms with Crippen LogP contribution in [0.2, 0.25) is 0 Å². The highest BCUT2D eigenvalue weighted by Crippen LogP contribution is 2.16. The Labute approximate surface area is 205 Å². The van der Waals surface area contributed by atoms with Crippen LogP contribution in [0.15, 0.2) is 53.7 Å². The van der Waals surface area contributed by atoms with Gasteiger partial charge in [0.1, 0.15) is 6.61 Å². The number of pyridine rings is 1. The first kappa shape index (κ1) is 25.1. The maximum atomic E-state index is 5.82. The Morgan fingerprint density at radius 3 is 2.61 bits per heavy atom. The second-order valence-electron chi connectivity index (χ2n) is 6.90. The summed E-state index contributed by atoms with van der Waals surface area (Å²) in [6.07, 6.45) is 2.65. The summed E-state index contributed by atoms with van der Waals surface area (Å²) in [7, 11) is 0. The van der Waals surface area contributed by atoms with Gasteiger partial charge in [-0.1, -0.05) is 30.3 Å². The largest absolute Gasteiger partial charge is 0.473 e. The van der Waals surface area contributed by atoms with E-state index in [4.69, 9.17) is 9.73 Å². The number of halogens is 1. The van der Waals surface area contributed by atoms with Crippen molar-refractivity contribution in [1.82, 2.24) is 20.6 Å². The van der Waals surface area contributed by atoms with Gasteiger partial charge in [0.2, 0.25) is 5.88 Å². The maximum Gasteiger partial charge on any atom is 0.213 e. The van der Waals surface area contributed by atoms with Crippen molar-refractivity contribution in [3.8, 4) is 5.88 Å². The van der Waals surface area contributed by atoms with Crippen LogP contribution >= 0.6 is 35.3 Å². The van der Waals surface area contributed by atoms with Crippen LogP contribution in [-0.2, 0) is 19.6 Å². The highest BCUT2D eigenvalue weighted by atomic mass is 127. The summed E-state index contributed by atoms with van der Waals surface area (Å²) in [4.78, 5) is 14.9. The Balaban J connectivity index is 0.00000341. The molecule has 0 unspecified atom stereocenters. The lowest BCUT2D eigenvalue weighted by molar-refractivity contribution is 0.293. The van der Waals surface area contributed by atoms with Gasteiger partial charge in [0.15, 0.2) is 5.96 Å². The third-order valence-electron chi connectivity index (χ3n) is 4.50. The number of aryl methyl sites for hydroxylation is 2. The van der Waals surface area contributed by atoms with Gasteiger partial charge in [0.05, 0.1) is 17.2 Å². The van der Waals surface area contributed by atoms with E-state index in [0.717, 1.165) is 47.3 Å². The second kappa shape index (κ2) is 13.3. The molecule has 0 radical (unpaired) electrons. The molecule has 0 saturated carbocycles. The number of hydrogen-bond acceptors (Lipinski definition) is 5. The van der Waals surface area contributed by atoms with Crippen molar-refractivity contribution >= 4 is 41.3 Å². The van der Waals surface area contributed by atoms with Crippen LogP contribution < -0.4 is 15.4 Å². The van der Waals surface area contributed by atoms with Crippen LogP contribution in [-0.4, -0.2) is 29.0 Å². The predicted molar refractivity (Wildman–Crippen MR) is 139 cm³/mol. The average molecular weight is 551 g/mol. The minimum Gasteiger partial charge on any atom is -0.473 e. The van der Waals surface area contributed by atoms with Gasteiger partial charge in [-0.15, -0.1) is 35.3 Å². The molecule has 3 rings (SSSR count). The normalized spacial score (nSPS) is 11.0. The Morgan fingerprint density at radius 2 is 1.90 bits per heavy atom. The van der Waals surface area contributed by atoms with E-state index in [0.29, 0.717) is 19.0 Å². The van der Waals surface area contributed by atoms with Crippen molar-refractivity contribution in [2.24, 2.45) is 4.99 Å². The molecule has 0 amide bonds. The number of nitrogens with zero attached hydrogens (tertiary/aromatic N) is 3. The van der Waals surface area contributed by atoms with Crippen molar-refractivity contribution < 1.29 is 4.74 Å². The molecule has 0 fully saturated rings. The van der Waals surface area contributed by atoms with Gasteiger partial charge in [0, 0.05) is 36.7 Å². The molecule has 0 atom stereocenters. The van der Waals surface area contributed by atoms with Crippen molar-refractivity contribution in [3.63, 3.8) is 0 Å². The van der Waals surface area contributed by atoms with E-state index in [1.54, 1.807) is 17.5 Å². The molecule has 0 aliphatic carbocycles. The zero-order chi connectivity index (χ0) is 21.2. The number of ether oxygens (including phenoxy) is 1. The number of hydrogen-bond donors (Lipinski definition) is 2.